The molecule has 0 aliphatic rings. The first-order chi connectivity index (χ1) is 12.2. The van der Waals surface area contributed by atoms with Gasteiger partial charge in [0.05, 0.1) is 21.1 Å². The molecule has 0 saturated carbocycles. The lowest BCUT2D eigenvalue weighted by Crippen LogP contribution is -2.16. The van der Waals surface area contributed by atoms with Gasteiger partial charge in [0.1, 0.15) is 0 Å². The molecular weight excluding hydrogens is 377 g/mol. The van der Waals surface area contributed by atoms with E-state index in [9.17, 15) is 13.4 Å². The predicted octanol–water partition coefficient (Wildman–Crippen LogP) is 3.21. The third kappa shape index (κ3) is 3.86. The molecule has 2 aromatic heterocycles. The van der Waals surface area contributed by atoms with Gasteiger partial charge in [-0.1, -0.05) is 6.07 Å². The summed E-state index contributed by atoms with van der Waals surface area (Å²) in [5.74, 6) is -0.558. The van der Waals surface area contributed by atoms with Gasteiger partial charge < -0.3 is 11.1 Å². The van der Waals surface area contributed by atoms with E-state index < -0.39 is 15.6 Å². The lowest BCUT2D eigenvalue weighted by molar-refractivity contribution is 0.102. The highest BCUT2D eigenvalue weighted by molar-refractivity contribution is 7.91. The van der Waals surface area contributed by atoms with E-state index >= 15 is 0 Å². The lowest BCUT2D eigenvalue weighted by Gasteiger charge is -2.09. The first kappa shape index (κ1) is 18.0. The molecule has 26 heavy (non-hydrogen) atoms. The first-order valence-electron chi connectivity index (χ1n) is 7.28. The summed E-state index contributed by atoms with van der Waals surface area (Å²) >= 11 is 0.987. The maximum Gasteiger partial charge on any atom is 0.276 e. The zero-order valence-electron chi connectivity index (χ0n) is 13.5. The van der Waals surface area contributed by atoms with Crippen LogP contribution >= 0.6 is 11.3 Å². The second kappa shape index (κ2) is 6.81. The van der Waals surface area contributed by atoms with Gasteiger partial charge in [0, 0.05) is 11.1 Å². The number of halogens is 1. The van der Waals surface area contributed by atoms with Gasteiger partial charge in [-0.15, -0.1) is 21.5 Å². The van der Waals surface area contributed by atoms with E-state index in [1.54, 1.807) is 24.3 Å². The number of carbonyl (C=O) groups is 1. The van der Waals surface area contributed by atoms with Crippen LogP contribution in [0.2, 0.25) is 0 Å². The van der Waals surface area contributed by atoms with Crippen LogP contribution < -0.4 is 11.1 Å². The Balaban J connectivity index is 1.85. The Morgan fingerprint density at radius 2 is 2.00 bits per heavy atom. The number of carbonyl (C=O) groups excluding carboxylic acids is 1. The Morgan fingerprint density at radius 1 is 1.23 bits per heavy atom. The average Bonchev–Trinajstić information content (AvgIpc) is 3.02. The summed E-state index contributed by atoms with van der Waals surface area (Å²) in [6.45, 7) is 0. The van der Waals surface area contributed by atoms with Crippen LogP contribution in [-0.4, -0.2) is 26.6 Å². The number of amides is 1. The van der Waals surface area contributed by atoms with Crippen molar-refractivity contribution in [3.63, 3.8) is 0 Å². The number of anilines is 2. The number of nitrogens with zero attached hydrogens (tertiary/aromatic N) is 2. The summed E-state index contributed by atoms with van der Waals surface area (Å²) < 4.78 is 32.3. The Hall–Kier alpha value is -2.85. The highest BCUT2D eigenvalue weighted by atomic mass is 32.2. The van der Waals surface area contributed by atoms with E-state index in [1.165, 1.54) is 24.5 Å². The van der Waals surface area contributed by atoms with Gasteiger partial charge >= 0.3 is 0 Å². The van der Waals surface area contributed by atoms with E-state index in [0.717, 1.165) is 11.3 Å². The van der Waals surface area contributed by atoms with Crippen LogP contribution in [0.1, 0.15) is 10.5 Å². The van der Waals surface area contributed by atoms with Crippen LogP contribution in [0.3, 0.4) is 0 Å². The molecule has 2 heterocycles. The number of aromatic nitrogens is 2. The zero-order valence-corrected chi connectivity index (χ0v) is 15.2. The summed E-state index contributed by atoms with van der Waals surface area (Å²) in [6, 6.07) is 10.7. The molecule has 7 nitrogen and oxygen atoms in total. The minimum absolute atomic E-state index is 0.00437. The quantitative estimate of drug-likeness (QED) is 0.590. The minimum atomic E-state index is -3.00. The van der Waals surface area contributed by atoms with Gasteiger partial charge in [0.2, 0.25) is 0 Å². The number of thiophene rings is 1. The lowest BCUT2D eigenvalue weighted by atomic mass is 10.1. The summed E-state index contributed by atoms with van der Waals surface area (Å²) in [6.07, 6.45) is 1.22. The van der Waals surface area contributed by atoms with Gasteiger partial charge in [-0.25, -0.2) is 8.99 Å². The molecule has 0 bridgehead atoms. The molecule has 0 fully saturated rings. The van der Waals surface area contributed by atoms with Crippen molar-refractivity contribution < 1.29 is 13.4 Å². The number of hydrogen-bond acceptors (Lipinski definition) is 7. The molecule has 3 aromatic rings. The van der Waals surface area contributed by atoms with E-state index in [-0.39, 0.29) is 15.9 Å². The van der Waals surface area contributed by atoms with Crippen molar-refractivity contribution in [2.24, 2.45) is 0 Å². The summed E-state index contributed by atoms with van der Waals surface area (Å²) in [7, 11) is -3.00. The Morgan fingerprint density at radius 3 is 2.58 bits per heavy atom. The average molecular weight is 391 g/mol. The fourth-order valence-corrected chi connectivity index (χ4v) is 3.37. The van der Waals surface area contributed by atoms with Crippen LogP contribution in [0.15, 0.2) is 47.5 Å². The van der Waals surface area contributed by atoms with Crippen molar-refractivity contribution in [3.8, 4) is 10.4 Å². The molecule has 0 aliphatic heterocycles. The van der Waals surface area contributed by atoms with Crippen molar-refractivity contribution in [3.05, 3.63) is 53.3 Å². The predicted molar refractivity (Wildman–Crippen MR) is 99.2 cm³/mol. The molecule has 1 aromatic carbocycles. The van der Waals surface area contributed by atoms with E-state index in [0.29, 0.717) is 21.8 Å². The third-order valence-electron chi connectivity index (χ3n) is 3.43. The van der Waals surface area contributed by atoms with Gasteiger partial charge in [-0.3, -0.25) is 4.79 Å². The van der Waals surface area contributed by atoms with Crippen LogP contribution in [0.5, 0.6) is 0 Å². The van der Waals surface area contributed by atoms with Crippen molar-refractivity contribution in [1.82, 2.24) is 10.2 Å². The summed E-state index contributed by atoms with van der Waals surface area (Å²) in [5.41, 5.74) is 7.29. The Kier molecular flexibility index (Phi) is 4.70. The van der Waals surface area contributed by atoms with Gasteiger partial charge in [0.25, 0.3) is 5.91 Å². The third-order valence-corrected chi connectivity index (χ3v) is 5.37. The number of rotatable bonds is 4. The standard InChI is InChI=1S/C16H14FN5O2S2/c1-26(19,24)15-7-4-11(21-22-15)16(23)20-12-8-9(2-3-10(12)18)13-5-6-14(17)25-13/h2-8,19H,18H2,1H3,(H,20,23). The normalized spacial score (nSPS) is 13.2. The van der Waals surface area contributed by atoms with Gasteiger partial charge in [0.15, 0.2) is 15.9 Å². The number of nitrogens with one attached hydrogen (secondary N) is 2. The van der Waals surface area contributed by atoms with Gasteiger partial charge in [-0.05, 0) is 42.0 Å². The minimum Gasteiger partial charge on any atom is -0.397 e. The molecule has 0 spiro atoms. The molecule has 0 saturated heterocycles. The van der Waals surface area contributed by atoms with Gasteiger partial charge in [-0.2, -0.15) is 4.39 Å². The number of benzene rings is 1. The van der Waals surface area contributed by atoms with Crippen molar-refractivity contribution in [2.45, 2.75) is 5.03 Å². The topological polar surface area (TPSA) is 122 Å². The maximum absolute atomic E-state index is 13.2. The molecular formula is C16H14FN5O2S2. The smallest absolute Gasteiger partial charge is 0.276 e. The number of hydrogen-bond donors (Lipinski definition) is 3. The first-order valence-corrected chi connectivity index (χ1v) is 10.1. The number of nitrogens with two attached hydrogens (primary N) is 1. The maximum atomic E-state index is 13.2. The van der Waals surface area contributed by atoms with E-state index in [1.807, 2.05) is 0 Å². The Labute approximate surface area is 153 Å². The highest BCUT2D eigenvalue weighted by Crippen LogP contribution is 2.31. The fourth-order valence-electron chi connectivity index (χ4n) is 2.12. The molecule has 0 aliphatic carbocycles. The fraction of sp³-hybridized carbons (Fsp3) is 0.0625. The zero-order chi connectivity index (χ0) is 18.9. The van der Waals surface area contributed by atoms with Crippen LogP contribution in [0.25, 0.3) is 10.4 Å². The molecule has 3 rings (SSSR count). The second-order valence-electron chi connectivity index (χ2n) is 5.46. The van der Waals surface area contributed by atoms with E-state index in [2.05, 4.69) is 15.5 Å². The van der Waals surface area contributed by atoms with Crippen LogP contribution in [0.4, 0.5) is 15.8 Å². The van der Waals surface area contributed by atoms with Crippen molar-refractivity contribution in [1.29, 1.82) is 4.78 Å². The van der Waals surface area contributed by atoms with E-state index in [4.69, 9.17) is 10.5 Å². The summed E-state index contributed by atoms with van der Waals surface area (Å²) in [5, 5.41) is 9.68. The number of nitrogen functional groups attached to an aromatic ring is 1. The molecule has 1 amide bonds. The Bertz CT molecular complexity index is 1080. The molecule has 1 atom stereocenters. The largest absolute Gasteiger partial charge is 0.397 e. The molecule has 4 N–H and O–H groups in total. The monoisotopic (exact) mass is 391 g/mol. The molecule has 0 radical (unpaired) electrons. The summed E-state index contributed by atoms with van der Waals surface area (Å²) in [4.78, 5) is 13.0. The van der Waals surface area contributed by atoms with Crippen LogP contribution in [0, 0.1) is 9.91 Å². The highest BCUT2D eigenvalue weighted by Gasteiger charge is 2.14. The second-order valence-corrected chi connectivity index (χ2v) is 8.60. The van der Waals surface area contributed by atoms with Crippen molar-refractivity contribution in [2.75, 3.05) is 17.3 Å². The molecule has 10 heteroatoms. The van der Waals surface area contributed by atoms with Crippen molar-refractivity contribution >= 4 is 38.3 Å². The molecule has 1 unspecified atom stereocenters. The SMILES string of the molecule is CS(=N)(=O)c1ccc(C(=O)Nc2cc(-c3ccc(F)s3)ccc2N)nn1. The molecule has 134 valence electrons. The van der Waals surface area contributed by atoms with Crippen LogP contribution in [-0.2, 0) is 9.73 Å².